The molecule has 1 saturated heterocycles. The molecule has 0 aliphatic carbocycles. The second kappa shape index (κ2) is 7.46. The van der Waals surface area contributed by atoms with E-state index < -0.39 is 10.0 Å². The van der Waals surface area contributed by atoms with Crippen LogP contribution in [0.5, 0.6) is 5.75 Å². The average molecular weight is 378 g/mol. The van der Waals surface area contributed by atoms with Crippen LogP contribution in [0.3, 0.4) is 0 Å². The van der Waals surface area contributed by atoms with Crippen molar-refractivity contribution in [2.75, 3.05) is 20.2 Å². The van der Waals surface area contributed by atoms with Gasteiger partial charge in [0.05, 0.1) is 13.3 Å². The maximum atomic E-state index is 12.9. The highest BCUT2D eigenvalue weighted by Gasteiger charge is 2.30. The molecule has 0 radical (unpaired) electrons. The van der Waals surface area contributed by atoms with Crippen LogP contribution in [-0.4, -0.2) is 48.6 Å². The number of hydrogen-bond acceptors (Lipinski definition) is 5. The predicted octanol–water partition coefficient (Wildman–Crippen LogP) is 1.14. The smallest absolute Gasteiger partial charge is 0.251 e. The van der Waals surface area contributed by atoms with E-state index in [4.69, 9.17) is 4.74 Å². The van der Waals surface area contributed by atoms with Crippen LogP contribution in [0.2, 0.25) is 0 Å². The second-order valence-corrected chi connectivity index (χ2v) is 8.09. The summed E-state index contributed by atoms with van der Waals surface area (Å²) in [7, 11) is -0.473. The molecular formula is C17H22N4O4S. The van der Waals surface area contributed by atoms with Gasteiger partial charge in [0.25, 0.3) is 5.91 Å². The normalized spacial score (nSPS) is 15.2. The number of aryl methyl sites for hydroxylation is 1. The van der Waals surface area contributed by atoms with Crippen LogP contribution < -0.4 is 10.1 Å². The summed E-state index contributed by atoms with van der Waals surface area (Å²) in [5.74, 6) is -0.116. The van der Waals surface area contributed by atoms with Crippen LogP contribution in [0, 0.1) is 0 Å². The molecule has 8 nitrogen and oxygen atoms in total. The van der Waals surface area contributed by atoms with Crippen molar-refractivity contribution in [1.82, 2.24) is 19.4 Å². The lowest BCUT2D eigenvalue weighted by Crippen LogP contribution is -2.29. The third kappa shape index (κ3) is 3.73. The quantitative estimate of drug-likeness (QED) is 0.814. The zero-order valence-electron chi connectivity index (χ0n) is 14.8. The Morgan fingerprint density at radius 3 is 2.65 bits per heavy atom. The van der Waals surface area contributed by atoms with E-state index in [0.29, 0.717) is 19.6 Å². The van der Waals surface area contributed by atoms with Crippen molar-refractivity contribution < 1.29 is 17.9 Å². The van der Waals surface area contributed by atoms with Gasteiger partial charge in [-0.15, -0.1) is 0 Å². The molecule has 0 unspecified atom stereocenters. The highest BCUT2D eigenvalue weighted by Crippen LogP contribution is 2.29. The first-order chi connectivity index (χ1) is 12.4. The number of ether oxygens (including phenoxy) is 1. The molecule has 1 aliphatic heterocycles. The fourth-order valence-electron chi connectivity index (χ4n) is 2.93. The second-order valence-electron chi connectivity index (χ2n) is 6.18. The number of aromatic nitrogens is 2. The minimum absolute atomic E-state index is 0.0240. The number of sulfonamides is 1. The van der Waals surface area contributed by atoms with Gasteiger partial charge in [-0.25, -0.2) is 8.42 Å². The number of rotatable bonds is 6. The number of nitrogens with zero attached hydrogens (tertiary/aromatic N) is 3. The monoisotopic (exact) mass is 378 g/mol. The molecule has 2 heterocycles. The lowest BCUT2D eigenvalue weighted by Gasteiger charge is -2.18. The van der Waals surface area contributed by atoms with Crippen molar-refractivity contribution in [1.29, 1.82) is 0 Å². The maximum Gasteiger partial charge on any atom is 0.251 e. The van der Waals surface area contributed by atoms with Crippen LogP contribution in [0.25, 0.3) is 0 Å². The zero-order chi connectivity index (χ0) is 18.7. The molecule has 1 aliphatic rings. The molecule has 140 valence electrons. The van der Waals surface area contributed by atoms with E-state index in [1.807, 2.05) is 0 Å². The molecule has 1 aromatic carbocycles. The van der Waals surface area contributed by atoms with Gasteiger partial charge in [0, 0.05) is 44.0 Å². The van der Waals surface area contributed by atoms with Crippen LogP contribution >= 0.6 is 0 Å². The third-order valence-electron chi connectivity index (χ3n) is 4.32. The molecule has 1 N–H and O–H groups in total. The van der Waals surface area contributed by atoms with Crippen LogP contribution in [0.4, 0.5) is 0 Å². The topological polar surface area (TPSA) is 93.5 Å². The molecular weight excluding hydrogens is 356 g/mol. The largest absolute Gasteiger partial charge is 0.495 e. The summed E-state index contributed by atoms with van der Waals surface area (Å²) < 4.78 is 34.0. The summed E-state index contributed by atoms with van der Waals surface area (Å²) in [6.45, 7) is 1.29. The number of carbonyl (C=O) groups is 1. The highest BCUT2D eigenvalue weighted by molar-refractivity contribution is 7.89. The number of amides is 1. The van der Waals surface area contributed by atoms with Crippen molar-refractivity contribution in [3.05, 3.63) is 41.7 Å². The Kier molecular flexibility index (Phi) is 5.28. The first-order valence-corrected chi connectivity index (χ1v) is 9.80. The summed E-state index contributed by atoms with van der Waals surface area (Å²) in [5, 5.41) is 6.82. The summed E-state index contributed by atoms with van der Waals surface area (Å²) >= 11 is 0. The molecule has 0 spiro atoms. The molecule has 1 amide bonds. The van der Waals surface area contributed by atoms with E-state index in [1.54, 1.807) is 30.2 Å². The summed E-state index contributed by atoms with van der Waals surface area (Å²) in [5.41, 5.74) is 1.13. The van der Waals surface area contributed by atoms with Crippen molar-refractivity contribution in [3.8, 4) is 5.75 Å². The minimum atomic E-state index is -3.69. The molecule has 26 heavy (non-hydrogen) atoms. The molecule has 0 bridgehead atoms. The van der Waals surface area contributed by atoms with Crippen LogP contribution in [0.15, 0.2) is 35.5 Å². The minimum Gasteiger partial charge on any atom is -0.495 e. The molecule has 3 rings (SSSR count). The Hall–Kier alpha value is -2.39. The zero-order valence-corrected chi connectivity index (χ0v) is 15.6. The van der Waals surface area contributed by atoms with Gasteiger partial charge in [0.15, 0.2) is 0 Å². The van der Waals surface area contributed by atoms with Gasteiger partial charge in [-0.2, -0.15) is 9.40 Å². The summed E-state index contributed by atoms with van der Waals surface area (Å²) in [4.78, 5) is 12.5. The first kappa shape index (κ1) is 18.4. The maximum absolute atomic E-state index is 12.9. The van der Waals surface area contributed by atoms with E-state index in [-0.39, 0.29) is 22.1 Å². The van der Waals surface area contributed by atoms with Crippen LogP contribution in [-0.2, 0) is 23.6 Å². The van der Waals surface area contributed by atoms with Gasteiger partial charge in [-0.05, 0) is 31.0 Å². The van der Waals surface area contributed by atoms with E-state index in [0.717, 1.165) is 18.4 Å². The van der Waals surface area contributed by atoms with Crippen molar-refractivity contribution in [2.24, 2.45) is 7.05 Å². The van der Waals surface area contributed by atoms with Crippen molar-refractivity contribution >= 4 is 15.9 Å². The molecule has 9 heteroatoms. The number of hydrogen-bond donors (Lipinski definition) is 1. The molecule has 1 aromatic heterocycles. The Morgan fingerprint density at radius 1 is 1.31 bits per heavy atom. The highest BCUT2D eigenvalue weighted by atomic mass is 32.2. The van der Waals surface area contributed by atoms with Gasteiger partial charge >= 0.3 is 0 Å². The van der Waals surface area contributed by atoms with Gasteiger partial charge in [0.2, 0.25) is 10.0 Å². The Bertz CT molecular complexity index is 901. The van der Waals surface area contributed by atoms with E-state index in [1.165, 1.54) is 23.5 Å². The number of nitrogens with one attached hydrogen (secondary N) is 1. The summed E-state index contributed by atoms with van der Waals surface area (Å²) in [6.07, 6.45) is 5.15. The number of methoxy groups -OCH3 is 1. The molecule has 0 saturated carbocycles. The number of benzene rings is 1. The van der Waals surface area contributed by atoms with Crippen molar-refractivity contribution in [2.45, 2.75) is 24.3 Å². The molecule has 1 fully saturated rings. The first-order valence-electron chi connectivity index (χ1n) is 8.36. The lowest BCUT2D eigenvalue weighted by atomic mass is 10.2. The Labute approximate surface area is 152 Å². The number of carbonyl (C=O) groups excluding carboxylic acids is 1. The fraction of sp³-hybridized carbons (Fsp3) is 0.412. The van der Waals surface area contributed by atoms with Gasteiger partial charge in [-0.1, -0.05) is 0 Å². The van der Waals surface area contributed by atoms with E-state index in [9.17, 15) is 13.2 Å². The Balaban J connectivity index is 1.83. The van der Waals surface area contributed by atoms with Crippen LogP contribution in [0.1, 0.15) is 28.8 Å². The van der Waals surface area contributed by atoms with E-state index in [2.05, 4.69) is 10.4 Å². The molecule has 2 aromatic rings. The Morgan fingerprint density at radius 2 is 2.04 bits per heavy atom. The summed E-state index contributed by atoms with van der Waals surface area (Å²) in [6, 6.07) is 4.45. The molecule has 0 atom stereocenters. The average Bonchev–Trinajstić information content (AvgIpc) is 3.31. The van der Waals surface area contributed by atoms with E-state index >= 15 is 0 Å². The van der Waals surface area contributed by atoms with Gasteiger partial charge in [-0.3, -0.25) is 9.48 Å². The van der Waals surface area contributed by atoms with Crippen molar-refractivity contribution in [3.63, 3.8) is 0 Å². The fourth-order valence-corrected chi connectivity index (χ4v) is 4.63. The van der Waals surface area contributed by atoms with Gasteiger partial charge < -0.3 is 10.1 Å². The predicted molar refractivity (Wildman–Crippen MR) is 95.4 cm³/mol. The van der Waals surface area contributed by atoms with Gasteiger partial charge in [0.1, 0.15) is 10.6 Å². The SMILES string of the molecule is COc1ccc(C(=O)NCc2cnn(C)c2)cc1S(=O)(=O)N1CCCC1. The third-order valence-corrected chi connectivity index (χ3v) is 6.24. The standard InChI is InChI=1S/C17H22N4O4S/c1-20-12-13(11-19-20)10-18-17(22)14-5-6-15(25-2)16(9-14)26(23,24)21-7-3-4-8-21/h5-6,9,11-12H,3-4,7-8,10H2,1-2H3,(H,18,22). The lowest BCUT2D eigenvalue weighted by molar-refractivity contribution is 0.0950.